The van der Waals surface area contributed by atoms with Crippen LogP contribution in [0.25, 0.3) is 33.4 Å². The van der Waals surface area contributed by atoms with Crippen molar-refractivity contribution in [3.8, 4) is 22.5 Å². The Kier molecular flexibility index (Phi) is 16.2. The standard InChI is InChI=1S/C57H72F2N10O8S/c1-33-47(42-8-6-16-61-64-42)48(33)53(70)63-50-52(76-30-46(58)59)54-62-44(31-78-54)35-10-13-45-39(26-35)41(28-57(3,4)32-77-56(72)43-9-7-17-69(65-43)55(50)71)51(68(45)22-25-75-38-14-23-74-24-15-38)40-27-37(29-60-49(40)34(2)73-5)67-20-18-66(19-21-67)36-11-12-36/h6,8,10,13,16,26-27,29,31,33-34,36,38,43,46-48,50,52,65H,7,9,11-12,14-15,17-25,28,30,32H2,1-5H3,(H,63,70)/t33-,34-,43-,47-,48+,50-,52-/m0/s1. The number of nitrogens with one attached hydrogen (secondary N) is 2. The number of ether oxygens (including phenoxy) is 5. The third kappa shape index (κ3) is 11.7. The quantitative estimate of drug-likeness (QED) is 0.0995. The average Bonchev–Trinajstić information content (AvgIpc) is 4.54. The van der Waals surface area contributed by atoms with Gasteiger partial charge in [-0.15, -0.1) is 11.3 Å². The van der Waals surface area contributed by atoms with Gasteiger partial charge in [0.25, 0.3) is 12.3 Å². The summed E-state index contributed by atoms with van der Waals surface area (Å²) in [6, 6.07) is 10.3. The highest BCUT2D eigenvalue weighted by Crippen LogP contribution is 2.53. The van der Waals surface area contributed by atoms with Gasteiger partial charge in [-0.25, -0.2) is 19.2 Å². The minimum absolute atomic E-state index is 0.0473. The number of fused-ring (bicyclic) bond motifs is 6. The fourth-order valence-electron chi connectivity index (χ4n) is 12.0. The van der Waals surface area contributed by atoms with E-state index in [1.807, 2.05) is 31.5 Å². The van der Waals surface area contributed by atoms with Crippen molar-refractivity contribution >= 4 is 45.7 Å². The highest BCUT2D eigenvalue weighted by molar-refractivity contribution is 7.10. The lowest BCUT2D eigenvalue weighted by Crippen LogP contribution is -2.61. The van der Waals surface area contributed by atoms with Gasteiger partial charge in [0.05, 0.1) is 60.1 Å². The monoisotopic (exact) mass is 1090 g/mol. The Hall–Kier alpha value is -5.55. The van der Waals surface area contributed by atoms with Crippen molar-refractivity contribution in [1.29, 1.82) is 0 Å². The van der Waals surface area contributed by atoms with Crippen LogP contribution in [0.1, 0.15) is 106 Å². The number of hydrazine groups is 1. The minimum Gasteiger partial charge on any atom is -0.464 e. The molecule has 11 rings (SSSR count). The summed E-state index contributed by atoms with van der Waals surface area (Å²) in [5, 5.41) is 15.5. The zero-order chi connectivity index (χ0) is 54.2. The summed E-state index contributed by atoms with van der Waals surface area (Å²) in [6.45, 7) is 13.3. The van der Waals surface area contributed by atoms with Crippen molar-refractivity contribution in [1.82, 2.24) is 45.4 Å². The molecule has 0 spiro atoms. The number of esters is 1. The molecular formula is C57H72F2N10O8S. The Labute approximate surface area is 457 Å². The molecule has 5 fully saturated rings. The number of halogens is 2. The number of pyridine rings is 1. The number of anilines is 1. The highest BCUT2D eigenvalue weighted by Gasteiger charge is 2.55. The van der Waals surface area contributed by atoms with Crippen molar-refractivity contribution in [3.05, 3.63) is 76.1 Å². The maximum Gasteiger partial charge on any atom is 0.324 e. The molecule has 0 unspecified atom stereocenters. The van der Waals surface area contributed by atoms with E-state index < -0.39 is 60.3 Å². The van der Waals surface area contributed by atoms with Crippen molar-refractivity contribution in [2.45, 2.75) is 128 Å². The molecule has 4 aromatic heterocycles. The second-order valence-corrected chi connectivity index (χ2v) is 23.6. The molecule has 1 aromatic carbocycles. The topological polar surface area (TPSA) is 188 Å². The Morgan fingerprint density at radius 1 is 1.03 bits per heavy atom. The van der Waals surface area contributed by atoms with Gasteiger partial charge in [-0.05, 0) is 93.7 Å². The van der Waals surface area contributed by atoms with Gasteiger partial charge in [0, 0.05) is 116 Å². The molecule has 2 N–H and O–H groups in total. The van der Waals surface area contributed by atoms with Gasteiger partial charge in [0.2, 0.25) is 5.91 Å². The second-order valence-electron chi connectivity index (χ2n) is 22.7. The van der Waals surface area contributed by atoms with Crippen LogP contribution in [0.3, 0.4) is 0 Å². The first-order chi connectivity index (χ1) is 37.7. The molecule has 6 aliphatic rings. The fraction of sp³-hybridized carbons (Fsp3) is 0.596. The van der Waals surface area contributed by atoms with Crippen LogP contribution >= 0.6 is 11.3 Å². The van der Waals surface area contributed by atoms with Gasteiger partial charge >= 0.3 is 5.97 Å². The van der Waals surface area contributed by atoms with E-state index in [4.69, 9.17) is 33.7 Å². The number of hydrogen-bond donors (Lipinski definition) is 2. The van der Waals surface area contributed by atoms with Crippen molar-refractivity contribution in [2.75, 3.05) is 77.8 Å². The number of thiazole rings is 1. The number of alkyl halides is 2. The van der Waals surface area contributed by atoms with Crippen LogP contribution in [-0.2, 0) is 51.0 Å². The molecule has 2 amide bonds. The number of aromatic nitrogens is 5. The molecule has 4 aliphatic heterocycles. The van der Waals surface area contributed by atoms with Crippen LogP contribution in [0.4, 0.5) is 14.5 Å². The molecule has 418 valence electrons. The van der Waals surface area contributed by atoms with Gasteiger partial charge in [-0.1, -0.05) is 26.8 Å². The summed E-state index contributed by atoms with van der Waals surface area (Å²) in [5.74, 6) is -2.66. The normalized spacial score (nSPS) is 25.7. The van der Waals surface area contributed by atoms with E-state index in [1.165, 1.54) is 17.9 Å². The number of rotatable bonds is 15. The Balaban J connectivity index is 1.04. The number of methoxy groups -OCH3 is 1. The Morgan fingerprint density at radius 3 is 2.58 bits per heavy atom. The smallest absolute Gasteiger partial charge is 0.324 e. The van der Waals surface area contributed by atoms with Gasteiger partial charge in [0.1, 0.15) is 29.8 Å². The molecule has 8 heterocycles. The number of benzene rings is 1. The summed E-state index contributed by atoms with van der Waals surface area (Å²) in [4.78, 5) is 59.0. The van der Waals surface area contributed by atoms with Crippen LogP contribution in [0.2, 0.25) is 0 Å². The molecule has 5 aromatic rings. The van der Waals surface area contributed by atoms with E-state index in [0.29, 0.717) is 63.1 Å². The van der Waals surface area contributed by atoms with Crippen LogP contribution in [-0.4, -0.2) is 156 Å². The molecule has 6 bridgehead atoms. The largest absolute Gasteiger partial charge is 0.464 e. The number of nitrogens with zero attached hydrogens (tertiary/aromatic N) is 8. The van der Waals surface area contributed by atoms with Crippen molar-refractivity contribution in [3.63, 3.8) is 0 Å². The number of carbonyl (C=O) groups is 3. The molecular weight excluding hydrogens is 1020 g/mol. The third-order valence-corrected chi connectivity index (χ3v) is 17.5. The van der Waals surface area contributed by atoms with Crippen molar-refractivity contribution in [2.24, 2.45) is 17.3 Å². The summed E-state index contributed by atoms with van der Waals surface area (Å²) in [7, 11) is 1.70. The molecule has 18 nitrogen and oxygen atoms in total. The highest BCUT2D eigenvalue weighted by atomic mass is 32.1. The molecule has 21 heteroatoms. The SMILES string of the molecule is CO[C@@H](C)c1ncc(N2CCN(C3CC3)CC2)cc1-c1c2c3cc(ccc3n1CCOC1CCOCC1)-c1csc(n1)[C@@H](OCC(F)F)[C@H](NC(=O)[C@@H]1[C@@H](C)[C@H]1c1cccnn1)C(=O)N1CCC[C@H](N1)C(=O)OCC(C)(C)C2. The van der Waals surface area contributed by atoms with Crippen LogP contribution in [0.15, 0.2) is 54.2 Å². The van der Waals surface area contributed by atoms with Gasteiger partial charge in [-0.3, -0.25) is 29.3 Å². The molecule has 7 atom stereocenters. The number of amides is 2. The lowest BCUT2D eigenvalue weighted by atomic mass is 9.84. The molecule has 78 heavy (non-hydrogen) atoms. The summed E-state index contributed by atoms with van der Waals surface area (Å²) in [5.41, 5.74) is 10.1. The zero-order valence-corrected chi connectivity index (χ0v) is 46.0. The van der Waals surface area contributed by atoms with Crippen LogP contribution in [0, 0.1) is 17.3 Å². The van der Waals surface area contributed by atoms with Crippen LogP contribution < -0.4 is 15.6 Å². The Morgan fingerprint density at radius 2 is 1.83 bits per heavy atom. The Bertz CT molecular complexity index is 2940. The van der Waals surface area contributed by atoms with E-state index >= 15 is 0 Å². The average molecular weight is 1100 g/mol. The predicted molar refractivity (Wildman–Crippen MR) is 289 cm³/mol. The molecule has 0 radical (unpaired) electrons. The minimum atomic E-state index is -2.90. The first-order valence-corrected chi connectivity index (χ1v) is 28.7. The van der Waals surface area contributed by atoms with Crippen LogP contribution in [0.5, 0.6) is 0 Å². The number of carbonyl (C=O) groups excluding carboxylic acids is 3. The van der Waals surface area contributed by atoms with Crippen molar-refractivity contribution < 1.29 is 46.8 Å². The second kappa shape index (κ2) is 23.3. The lowest BCUT2D eigenvalue weighted by Gasteiger charge is -2.37. The first-order valence-electron chi connectivity index (χ1n) is 27.8. The molecule has 2 aliphatic carbocycles. The van der Waals surface area contributed by atoms with E-state index in [-0.39, 0.29) is 42.2 Å². The lowest BCUT2D eigenvalue weighted by molar-refractivity contribution is -0.157. The third-order valence-electron chi connectivity index (χ3n) is 16.6. The maximum absolute atomic E-state index is 15.0. The molecule has 3 saturated heterocycles. The van der Waals surface area contributed by atoms with Gasteiger partial charge in [-0.2, -0.15) is 10.2 Å². The number of cyclic esters (lactones) is 1. The number of piperazine rings is 1. The van der Waals surface area contributed by atoms with E-state index in [0.717, 1.165) is 95.0 Å². The predicted octanol–water partition coefficient (Wildman–Crippen LogP) is 7.28. The van der Waals surface area contributed by atoms with Gasteiger partial charge < -0.3 is 38.5 Å². The fourth-order valence-corrected chi connectivity index (χ4v) is 13.0. The zero-order valence-electron chi connectivity index (χ0n) is 45.2. The van der Waals surface area contributed by atoms with E-state index in [1.54, 1.807) is 25.4 Å². The maximum atomic E-state index is 15.0. The molecule has 2 saturated carbocycles. The van der Waals surface area contributed by atoms with E-state index in [9.17, 15) is 23.2 Å². The van der Waals surface area contributed by atoms with E-state index in [2.05, 4.69) is 67.4 Å². The first kappa shape index (κ1) is 54.4. The summed E-state index contributed by atoms with van der Waals surface area (Å²) >= 11 is 1.16. The summed E-state index contributed by atoms with van der Waals surface area (Å²) < 4.78 is 61.6. The number of hydrogen-bond acceptors (Lipinski definition) is 16. The van der Waals surface area contributed by atoms with Gasteiger partial charge in [0.15, 0.2) is 0 Å². The summed E-state index contributed by atoms with van der Waals surface area (Å²) in [6.07, 6.45) is 4.34.